The van der Waals surface area contributed by atoms with Gasteiger partial charge in [0.15, 0.2) is 11.5 Å². The Bertz CT molecular complexity index is 427. The summed E-state index contributed by atoms with van der Waals surface area (Å²) in [6, 6.07) is 5.59. The van der Waals surface area contributed by atoms with Crippen molar-refractivity contribution in [3.63, 3.8) is 0 Å². The first-order valence-electron chi connectivity index (χ1n) is 7.69. The van der Waals surface area contributed by atoms with Gasteiger partial charge in [0.25, 0.3) is 0 Å². The first-order valence-corrected chi connectivity index (χ1v) is 7.69. The molecule has 0 spiro atoms. The zero-order chi connectivity index (χ0) is 14.4. The molecule has 0 bridgehead atoms. The zero-order valence-electron chi connectivity index (χ0n) is 13.1. The summed E-state index contributed by atoms with van der Waals surface area (Å²) < 4.78 is 0. The molecule has 0 unspecified atom stereocenters. The molecule has 0 radical (unpaired) electrons. The summed E-state index contributed by atoms with van der Waals surface area (Å²) in [5.74, 6) is -0.0560. The summed E-state index contributed by atoms with van der Waals surface area (Å²) >= 11 is 0. The average Bonchev–Trinajstić information content (AvgIpc) is 2.48. The van der Waals surface area contributed by atoms with Crippen molar-refractivity contribution in [2.45, 2.75) is 38.6 Å². The highest BCUT2D eigenvalue weighted by molar-refractivity contribution is 5.85. The molecule has 1 fully saturated rings. The van der Waals surface area contributed by atoms with Crippen LogP contribution >= 0.6 is 24.8 Å². The molecule has 22 heavy (non-hydrogen) atoms. The van der Waals surface area contributed by atoms with E-state index < -0.39 is 0 Å². The molecule has 1 aliphatic rings. The van der Waals surface area contributed by atoms with Crippen LogP contribution in [0.25, 0.3) is 0 Å². The van der Waals surface area contributed by atoms with Gasteiger partial charge < -0.3 is 15.5 Å². The van der Waals surface area contributed by atoms with Gasteiger partial charge in [-0.2, -0.15) is 0 Å². The quantitative estimate of drug-likeness (QED) is 0.543. The molecule has 1 aromatic rings. The van der Waals surface area contributed by atoms with Crippen LogP contribution in [0, 0.1) is 0 Å². The number of phenolic OH excluding ortho intramolecular Hbond substituents is 2. The minimum Gasteiger partial charge on any atom is -0.504 e. The second-order valence-electron chi connectivity index (χ2n) is 5.55. The number of benzene rings is 1. The summed E-state index contributed by atoms with van der Waals surface area (Å²) in [4.78, 5) is 2.48. The molecule has 0 amide bonds. The number of unbranched alkanes of at least 4 members (excludes halogenated alkanes) is 2. The van der Waals surface area contributed by atoms with Crippen molar-refractivity contribution in [3.8, 4) is 11.5 Å². The maximum atomic E-state index is 9.74. The van der Waals surface area contributed by atoms with Gasteiger partial charge in [-0.25, -0.2) is 0 Å². The van der Waals surface area contributed by atoms with E-state index >= 15 is 0 Å². The number of hydrogen-bond donors (Lipinski definition) is 3. The van der Waals surface area contributed by atoms with Crippen molar-refractivity contribution < 1.29 is 10.2 Å². The molecule has 3 N–H and O–H groups in total. The number of nitrogens with zero attached hydrogens (tertiary/aromatic N) is 1. The first-order chi connectivity index (χ1) is 9.72. The smallest absolute Gasteiger partial charge is 0.157 e. The van der Waals surface area contributed by atoms with E-state index in [2.05, 4.69) is 17.1 Å². The molecule has 0 saturated carbocycles. The SMILES string of the molecule is CCCCC[C@@H](c1ccc(O)c(O)c1)N1CCNCC1.Cl.Cl. The number of phenols is 2. The number of rotatable bonds is 6. The second kappa shape index (κ2) is 10.9. The van der Waals surface area contributed by atoms with Crippen LogP contribution in [0.4, 0.5) is 0 Å². The van der Waals surface area contributed by atoms with Gasteiger partial charge in [0.2, 0.25) is 0 Å². The highest BCUT2D eigenvalue weighted by Crippen LogP contribution is 2.33. The summed E-state index contributed by atoms with van der Waals surface area (Å²) in [7, 11) is 0. The summed E-state index contributed by atoms with van der Waals surface area (Å²) in [5, 5.41) is 22.6. The summed E-state index contributed by atoms with van der Waals surface area (Å²) in [5.41, 5.74) is 1.11. The van der Waals surface area contributed by atoms with E-state index in [1.807, 2.05) is 6.07 Å². The van der Waals surface area contributed by atoms with Gasteiger partial charge in [-0.3, -0.25) is 4.90 Å². The lowest BCUT2D eigenvalue weighted by atomic mass is 9.97. The van der Waals surface area contributed by atoms with Gasteiger partial charge in [0.1, 0.15) is 0 Å². The molecule has 2 rings (SSSR count). The zero-order valence-corrected chi connectivity index (χ0v) is 14.8. The predicted octanol–water partition coefficient (Wildman–Crippen LogP) is 3.47. The molecule has 1 saturated heterocycles. The van der Waals surface area contributed by atoms with Gasteiger partial charge in [-0.1, -0.05) is 32.3 Å². The van der Waals surface area contributed by atoms with Crippen LogP contribution < -0.4 is 5.32 Å². The first kappa shape index (κ1) is 21.3. The number of aromatic hydroxyl groups is 2. The summed E-state index contributed by atoms with van der Waals surface area (Å²) in [6.45, 7) is 6.34. The van der Waals surface area contributed by atoms with Crippen LogP contribution in [0.3, 0.4) is 0 Å². The Morgan fingerprint density at radius 1 is 1.09 bits per heavy atom. The van der Waals surface area contributed by atoms with E-state index in [-0.39, 0.29) is 36.3 Å². The molecular formula is C16H28Cl2N2O2. The van der Waals surface area contributed by atoms with Gasteiger partial charge in [-0.15, -0.1) is 24.8 Å². The Hall–Kier alpha value is -0.680. The molecular weight excluding hydrogens is 323 g/mol. The molecule has 1 aromatic carbocycles. The van der Waals surface area contributed by atoms with Crippen LogP contribution in [-0.2, 0) is 0 Å². The number of hydrogen-bond acceptors (Lipinski definition) is 4. The van der Waals surface area contributed by atoms with Crippen molar-refractivity contribution in [2.24, 2.45) is 0 Å². The minimum atomic E-state index is -0.0404. The lowest BCUT2D eigenvalue weighted by molar-refractivity contribution is 0.162. The lowest BCUT2D eigenvalue weighted by Crippen LogP contribution is -2.45. The van der Waals surface area contributed by atoms with Crippen LogP contribution in [0.15, 0.2) is 18.2 Å². The maximum Gasteiger partial charge on any atom is 0.157 e. The second-order valence-corrected chi connectivity index (χ2v) is 5.55. The third kappa shape index (κ3) is 5.84. The third-order valence-electron chi connectivity index (χ3n) is 4.06. The monoisotopic (exact) mass is 350 g/mol. The van der Waals surface area contributed by atoms with E-state index in [1.165, 1.54) is 19.3 Å². The van der Waals surface area contributed by atoms with Crippen LogP contribution in [0.5, 0.6) is 11.5 Å². The normalized spacial score (nSPS) is 16.4. The molecule has 128 valence electrons. The van der Waals surface area contributed by atoms with E-state index in [4.69, 9.17) is 0 Å². The topological polar surface area (TPSA) is 55.7 Å². The highest BCUT2D eigenvalue weighted by atomic mass is 35.5. The van der Waals surface area contributed by atoms with Crippen LogP contribution in [0.2, 0.25) is 0 Å². The van der Waals surface area contributed by atoms with Gasteiger partial charge in [0, 0.05) is 32.2 Å². The Morgan fingerprint density at radius 2 is 1.77 bits per heavy atom. The standard InChI is InChI=1S/C16H26N2O2.2ClH/c1-2-3-4-5-14(18-10-8-17-9-11-18)13-6-7-15(19)16(20)12-13;;/h6-7,12,14,17,19-20H,2-5,8-11H2,1H3;2*1H/t14-;;/m0../s1. The highest BCUT2D eigenvalue weighted by Gasteiger charge is 2.22. The fraction of sp³-hybridized carbons (Fsp3) is 0.625. The Balaban J connectivity index is 0.00000220. The fourth-order valence-electron chi connectivity index (χ4n) is 2.89. The molecule has 6 heteroatoms. The van der Waals surface area contributed by atoms with E-state index in [1.54, 1.807) is 12.1 Å². The number of nitrogens with one attached hydrogen (secondary N) is 1. The maximum absolute atomic E-state index is 9.74. The van der Waals surface area contributed by atoms with Crippen molar-refractivity contribution in [2.75, 3.05) is 26.2 Å². The number of piperazine rings is 1. The molecule has 1 atom stereocenters. The molecule has 0 aromatic heterocycles. The van der Waals surface area contributed by atoms with Crippen molar-refractivity contribution >= 4 is 24.8 Å². The minimum absolute atomic E-state index is 0. The molecule has 1 aliphatic heterocycles. The van der Waals surface area contributed by atoms with E-state index in [0.717, 1.165) is 38.2 Å². The summed E-state index contributed by atoms with van der Waals surface area (Å²) in [6.07, 6.45) is 4.77. The fourth-order valence-corrected chi connectivity index (χ4v) is 2.89. The molecule has 0 aliphatic carbocycles. The van der Waals surface area contributed by atoms with E-state index in [0.29, 0.717) is 6.04 Å². The largest absolute Gasteiger partial charge is 0.504 e. The number of halogens is 2. The lowest BCUT2D eigenvalue weighted by Gasteiger charge is -2.35. The molecule has 4 nitrogen and oxygen atoms in total. The van der Waals surface area contributed by atoms with E-state index in [9.17, 15) is 10.2 Å². The average molecular weight is 351 g/mol. The third-order valence-corrected chi connectivity index (χ3v) is 4.06. The van der Waals surface area contributed by atoms with Crippen molar-refractivity contribution in [1.29, 1.82) is 0 Å². The Kier molecular flexibility index (Phi) is 10.6. The Morgan fingerprint density at radius 3 is 2.36 bits per heavy atom. The van der Waals surface area contributed by atoms with Crippen LogP contribution in [0.1, 0.15) is 44.2 Å². The Labute approximate surface area is 145 Å². The van der Waals surface area contributed by atoms with Gasteiger partial charge in [-0.05, 0) is 24.1 Å². The predicted molar refractivity (Wildman–Crippen MR) is 95.6 cm³/mol. The molecule has 1 heterocycles. The van der Waals surface area contributed by atoms with Crippen molar-refractivity contribution in [1.82, 2.24) is 10.2 Å². The van der Waals surface area contributed by atoms with Crippen LogP contribution in [-0.4, -0.2) is 41.3 Å². The van der Waals surface area contributed by atoms with Crippen molar-refractivity contribution in [3.05, 3.63) is 23.8 Å². The van der Waals surface area contributed by atoms with Gasteiger partial charge >= 0.3 is 0 Å². The van der Waals surface area contributed by atoms with Gasteiger partial charge in [0.05, 0.1) is 0 Å².